The first-order valence-electron chi connectivity index (χ1n) is 12.9. The summed E-state index contributed by atoms with van der Waals surface area (Å²) < 4.78 is 12.9. The molecule has 0 radical (unpaired) electrons. The highest BCUT2D eigenvalue weighted by Crippen LogP contribution is 2.39. The zero-order chi connectivity index (χ0) is 25.6. The molecular weight excluding hydrogens is 468 g/mol. The average molecular weight is 503 g/mol. The van der Waals surface area contributed by atoms with Crippen LogP contribution in [0, 0.1) is 0 Å². The number of aliphatic hydroxyl groups is 2. The van der Waals surface area contributed by atoms with Gasteiger partial charge in [-0.2, -0.15) is 0 Å². The lowest BCUT2D eigenvalue weighted by Crippen LogP contribution is -2.42. The van der Waals surface area contributed by atoms with Gasteiger partial charge in [-0.15, -0.1) is 0 Å². The minimum absolute atomic E-state index is 0.00479. The predicted molar refractivity (Wildman–Crippen MR) is 141 cm³/mol. The maximum atomic E-state index is 12.5. The van der Waals surface area contributed by atoms with Gasteiger partial charge in [-0.3, -0.25) is 9.69 Å². The lowest BCUT2D eigenvalue weighted by molar-refractivity contribution is -0.253. The third-order valence-electron chi connectivity index (χ3n) is 7.24. The first kappa shape index (κ1) is 25.6. The third kappa shape index (κ3) is 6.26. The van der Waals surface area contributed by atoms with E-state index in [9.17, 15) is 15.0 Å². The van der Waals surface area contributed by atoms with Crippen LogP contribution in [0.5, 0.6) is 0 Å². The summed E-state index contributed by atoms with van der Waals surface area (Å²) in [6.07, 6.45) is 2.01. The van der Waals surface area contributed by atoms with E-state index in [0.29, 0.717) is 17.7 Å². The topological polar surface area (TPSA) is 91.3 Å². The lowest BCUT2D eigenvalue weighted by atomic mass is 9.99. The molecular formula is C30H34N2O5. The highest BCUT2D eigenvalue weighted by atomic mass is 16.7. The fourth-order valence-corrected chi connectivity index (χ4v) is 5.15. The second kappa shape index (κ2) is 12.0. The summed E-state index contributed by atoms with van der Waals surface area (Å²) >= 11 is 0. The van der Waals surface area contributed by atoms with E-state index in [1.807, 2.05) is 66.7 Å². The van der Waals surface area contributed by atoms with E-state index in [1.54, 1.807) is 12.1 Å². The van der Waals surface area contributed by atoms with Crippen LogP contribution in [-0.2, 0) is 16.1 Å². The number of aliphatic hydroxyl groups excluding tert-OH is 2. The zero-order valence-corrected chi connectivity index (χ0v) is 20.8. The Morgan fingerprint density at radius 3 is 2.35 bits per heavy atom. The van der Waals surface area contributed by atoms with E-state index in [4.69, 9.17) is 9.47 Å². The van der Waals surface area contributed by atoms with Crippen LogP contribution in [0.25, 0.3) is 0 Å². The van der Waals surface area contributed by atoms with Gasteiger partial charge in [0.05, 0.1) is 25.4 Å². The molecule has 3 N–H and O–H groups in total. The third-order valence-corrected chi connectivity index (χ3v) is 7.24. The molecule has 1 amide bonds. The molecule has 7 heteroatoms. The van der Waals surface area contributed by atoms with Crippen molar-refractivity contribution in [3.8, 4) is 0 Å². The predicted octanol–water partition coefficient (Wildman–Crippen LogP) is 4.43. The molecule has 5 rings (SSSR count). The monoisotopic (exact) mass is 502 g/mol. The molecule has 194 valence electrons. The smallest absolute Gasteiger partial charge is 0.255 e. The van der Waals surface area contributed by atoms with Gasteiger partial charge in [0.1, 0.15) is 0 Å². The summed E-state index contributed by atoms with van der Waals surface area (Å²) in [7, 11) is 0. The number of hydrogen-bond acceptors (Lipinski definition) is 6. The summed E-state index contributed by atoms with van der Waals surface area (Å²) in [5, 5.41) is 22.1. The largest absolute Gasteiger partial charge is 0.395 e. The minimum atomic E-state index is -0.560. The van der Waals surface area contributed by atoms with E-state index in [1.165, 1.54) is 0 Å². The van der Waals surface area contributed by atoms with Crippen molar-refractivity contribution in [2.45, 2.75) is 50.4 Å². The van der Waals surface area contributed by atoms with Crippen LogP contribution in [0.15, 0.2) is 78.9 Å². The summed E-state index contributed by atoms with van der Waals surface area (Å²) in [5.41, 5.74) is 4.08. The molecule has 2 heterocycles. The normalized spacial score (nSPS) is 24.2. The molecule has 2 aliphatic heterocycles. The van der Waals surface area contributed by atoms with E-state index < -0.39 is 6.29 Å². The van der Waals surface area contributed by atoms with Crippen LogP contribution in [-0.4, -0.2) is 52.9 Å². The number of rotatable bonds is 8. The number of likely N-dealkylation sites (tertiary alicyclic amines) is 1. The fourth-order valence-electron chi connectivity index (χ4n) is 5.15. The van der Waals surface area contributed by atoms with Crippen molar-refractivity contribution in [1.82, 2.24) is 4.90 Å². The summed E-state index contributed by atoms with van der Waals surface area (Å²) in [5.74, 6) is -0.158. The Morgan fingerprint density at radius 2 is 1.65 bits per heavy atom. The molecule has 0 bridgehead atoms. The van der Waals surface area contributed by atoms with Gasteiger partial charge in [0.25, 0.3) is 5.91 Å². The molecule has 2 aliphatic rings. The highest BCUT2D eigenvalue weighted by Gasteiger charge is 2.35. The van der Waals surface area contributed by atoms with Crippen LogP contribution >= 0.6 is 0 Å². The Morgan fingerprint density at radius 1 is 0.919 bits per heavy atom. The summed E-state index contributed by atoms with van der Waals surface area (Å²) in [4.78, 5) is 14.8. The number of anilines is 1. The van der Waals surface area contributed by atoms with E-state index >= 15 is 0 Å². The van der Waals surface area contributed by atoms with Crippen LogP contribution < -0.4 is 5.32 Å². The van der Waals surface area contributed by atoms with Gasteiger partial charge in [0, 0.05) is 35.8 Å². The number of nitrogens with zero attached hydrogens (tertiary/aromatic N) is 1. The van der Waals surface area contributed by atoms with Crippen molar-refractivity contribution in [1.29, 1.82) is 0 Å². The zero-order valence-electron chi connectivity index (χ0n) is 20.8. The second-order valence-electron chi connectivity index (χ2n) is 9.77. The standard InChI is InChI=1S/C30H34N2O5/c33-19-21-8-10-22(11-9-21)28-17-27(18-32-16-4-7-26(32)20-34)36-30(37-28)24-12-14-25(15-13-24)31-29(35)23-5-2-1-3-6-23/h1-3,5-6,8-15,26-28,30,33-34H,4,7,16-20H2,(H,31,35)/t26-,27+,28-,30-/m0/s1. The molecule has 7 nitrogen and oxygen atoms in total. The van der Waals surface area contributed by atoms with E-state index in [0.717, 1.165) is 42.6 Å². The maximum Gasteiger partial charge on any atom is 0.255 e. The molecule has 0 saturated carbocycles. The number of amides is 1. The number of benzene rings is 3. The fraction of sp³-hybridized carbons (Fsp3) is 0.367. The summed E-state index contributed by atoms with van der Waals surface area (Å²) in [6, 6.07) is 24.7. The van der Waals surface area contributed by atoms with Crippen molar-refractivity contribution in [3.05, 3.63) is 101 Å². The molecule has 2 saturated heterocycles. The lowest BCUT2D eigenvalue weighted by Gasteiger charge is -2.38. The maximum absolute atomic E-state index is 12.5. The van der Waals surface area contributed by atoms with Crippen molar-refractivity contribution in [2.75, 3.05) is 25.0 Å². The van der Waals surface area contributed by atoms with Crippen LogP contribution in [0.3, 0.4) is 0 Å². The average Bonchev–Trinajstić information content (AvgIpc) is 3.40. The van der Waals surface area contributed by atoms with Gasteiger partial charge in [-0.05, 0) is 54.8 Å². The Balaban J connectivity index is 1.32. The number of ether oxygens (including phenoxy) is 2. The van der Waals surface area contributed by atoms with Crippen molar-refractivity contribution in [3.63, 3.8) is 0 Å². The molecule has 3 aromatic carbocycles. The molecule has 3 aromatic rings. The number of carbonyl (C=O) groups excluding carboxylic acids is 1. The quantitative estimate of drug-likeness (QED) is 0.422. The van der Waals surface area contributed by atoms with Crippen molar-refractivity contribution < 1.29 is 24.5 Å². The Hall–Kier alpha value is -3.07. The van der Waals surface area contributed by atoms with Gasteiger partial charge >= 0.3 is 0 Å². The molecule has 37 heavy (non-hydrogen) atoms. The van der Waals surface area contributed by atoms with Gasteiger partial charge in [-0.25, -0.2) is 0 Å². The van der Waals surface area contributed by atoms with Gasteiger partial charge in [0.15, 0.2) is 6.29 Å². The minimum Gasteiger partial charge on any atom is -0.395 e. The van der Waals surface area contributed by atoms with E-state index in [-0.39, 0.29) is 37.4 Å². The van der Waals surface area contributed by atoms with Crippen LogP contribution in [0.4, 0.5) is 5.69 Å². The molecule has 0 spiro atoms. The number of nitrogens with one attached hydrogen (secondary N) is 1. The second-order valence-corrected chi connectivity index (χ2v) is 9.77. The highest BCUT2D eigenvalue weighted by molar-refractivity contribution is 6.04. The SMILES string of the molecule is O=C(Nc1ccc([C@H]2O[C@@H](CN3CCC[C@H]3CO)C[C@@H](c3ccc(CO)cc3)O2)cc1)c1ccccc1. The molecule has 2 fully saturated rings. The number of carbonyl (C=O) groups is 1. The summed E-state index contributed by atoms with van der Waals surface area (Å²) in [6.45, 7) is 1.86. The van der Waals surface area contributed by atoms with Crippen LogP contribution in [0.1, 0.15) is 58.7 Å². The number of hydrogen-bond donors (Lipinski definition) is 3. The van der Waals surface area contributed by atoms with Gasteiger partial charge < -0.3 is 25.0 Å². The first-order valence-corrected chi connectivity index (χ1v) is 12.9. The van der Waals surface area contributed by atoms with E-state index in [2.05, 4.69) is 10.2 Å². The molecule has 0 unspecified atom stereocenters. The Labute approximate surface area is 217 Å². The Kier molecular flexibility index (Phi) is 8.28. The van der Waals surface area contributed by atoms with Gasteiger partial charge in [-0.1, -0.05) is 54.6 Å². The van der Waals surface area contributed by atoms with Crippen LogP contribution in [0.2, 0.25) is 0 Å². The molecule has 0 aromatic heterocycles. The van der Waals surface area contributed by atoms with Crippen molar-refractivity contribution in [2.24, 2.45) is 0 Å². The first-order chi connectivity index (χ1) is 18.1. The molecule has 0 aliphatic carbocycles. The van der Waals surface area contributed by atoms with Gasteiger partial charge in [0.2, 0.25) is 0 Å². The molecule has 4 atom stereocenters. The van der Waals surface area contributed by atoms with Crippen molar-refractivity contribution >= 4 is 11.6 Å². The Bertz CT molecular complexity index is 1150.